The first kappa shape index (κ1) is 13.9. The molecule has 1 aliphatic heterocycles. The molecule has 0 amide bonds. The Bertz CT molecular complexity index is 594. The highest BCUT2D eigenvalue weighted by molar-refractivity contribution is 7.10. The van der Waals surface area contributed by atoms with Crippen LogP contribution in [0, 0.1) is 0 Å². The van der Waals surface area contributed by atoms with Crippen LogP contribution in [0.2, 0.25) is 5.02 Å². The third-order valence-corrected chi connectivity index (χ3v) is 5.02. The summed E-state index contributed by atoms with van der Waals surface area (Å²) in [6.07, 6.45) is 1.14. The maximum atomic E-state index is 6.20. The normalized spacial score (nSPS) is 14.4. The molecule has 1 N–H and O–H groups in total. The SMILES string of the molecule is CCNCc1ccc(Cl)cc1N1CCc2sccc2C1. The second-order valence-corrected chi connectivity index (χ2v) is 6.53. The number of hydrogen-bond donors (Lipinski definition) is 1. The molecule has 2 heterocycles. The Hall–Kier alpha value is -1.03. The smallest absolute Gasteiger partial charge is 0.0440 e. The Morgan fingerprint density at radius 1 is 1.35 bits per heavy atom. The van der Waals surface area contributed by atoms with E-state index >= 15 is 0 Å². The van der Waals surface area contributed by atoms with Gasteiger partial charge < -0.3 is 10.2 Å². The van der Waals surface area contributed by atoms with E-state index in [0.717, 1.165) is 37.6 Å². The van der Waals surface area contributed by atoms with E-state index in [9.17, 15) is 0 Å². The first-order valence-corrected chi connectivity index (χ1v) is 8.33. The molecular weight excluding hydrogens is 288 g/mol. The Labute approximate surface area is 129 Å². The first-order chi connectivity index (χ1) is 9.78. The van der Waals surface area contributed by atoms with E-state index in [1.54, 1.807) is 0 Å². The minimum atomic E-state index is 0.816. The third-order valence-electron chi connectivity index (χ3n) is 3.76. The number of nitrogens with one attached hydrogen (secondary N) is 1. The number of rotatable bonds is 4. The molecule has 4 heteroatoms. The van der Waals surface area contributed by atoms with E-state index in [2.05, 4.69) is 40.7 Å². The third kappa shape index (κ3) is 2.85. The molecule has 1 aliphatic rings. The second kappa shape index (κ2) is 6.17. The summed E-state index contributed by atoms with van der Waals surface area (Å²) < 4.78 is 0. The summed E-state index contributed by atoms with van der Waals surface area (Å²) in [5.74, 6) is 0. The van der Waals surface area contributed by atoms with Gasteiger partial charge in [-0.25, -0.2) is 0 Å². The molecule has 2 aromatic rings. The van der Waals surface area contributed by atoms with Crippen LogP contribution >= 0.6 is 22.9 Å². The number of benzene rings is 1. The van der Waals surface area contributed by atoms with Gasteiger partial charge in [-0.3, -0.25) is 0 Å². The highest BCUT2D eigenvalue weighted by Gasteiger charge is 2.19. The molecular formula is C16H19ClN2S. The monoisotopic (exact) mass is 306 g/mol. The number of fused-ring (bicyclic) bond motifs is 1. The fourth-order valence-corrected chi connectivity index (χ4v) is 3.75. The van der Waals surface area contributed by atoms with Crippen molar-refractivity contribution in [3.63, 3.8) is 0 Å². The van der Waals surface area contributed by atoms with Crippen LogP contribution in [-0.2, 0) is 19.5 Å². The molecule has 0 unspecified atom stereocenters. The second-order valence-electron chi connectivity index (χ2n) is 5.09. The van der Waals surface area contributed by atoms with E-state index in [0.29, 0.717) is 0 Å². The summed E-state index contributed by atoms with van der Waals surface area (Å²) in [5, 5.41) is 6.43. The van der Waals surface area contributed by atoms with Gasteiger partial charge in [0.1, 0.15) is 0 Å². The van der Waals surface area contributed by atoms with E-state index in [-0.39, 0.29) is 0 Å². The summed E-state index contributed by atoms with van der Waals surface area (Å²) >= 11 is 8.08. The maximum Gasteiger partial charge on any atom is 0.0440 e. The summed E-state index contributed by atoms with van der Waals surface area (Å²) in [6, 6.07) is 8.48. The maximum absolute atomic E-state index is 6.20. The molecule has 0 atom stereocenters. The molecule has 2 nitrogen and oxygen atoms in total. The predicted octanol–water partition coefficient (Wildman–Crippen LogP) is 4.07. The van der Waals surface area contributed by atoms with Crippen LogP contribution in [0.25, 0.3) is 0 Å². The van der Waals surface area contributed by atoms with Crippen LogP contribution in [0.15, 0.2) is 29.6 Å². The first-order valence-electron chi connectivity index (χ1n) is 7.07. The van der Waals surface area contributed by atoms with Gasteiger partial charge in [0.2, 0.25) is 0 Å². The molecule has 0 aliphatic carbocycles. The molecule has 106 valence electrons. The van der Waals surface area contributed by atoms with Gasteiger partial charge in [0.25, 0.3) is 0 Å². The van der Waals surface area contributed by atoms with Crippen molar-refractivity contribution in [1.29, 1.82) is 0 Å². The predicted molar refractivity (Wildman–Crippen MR) is 87.9 cm³/mol. The van der Waals surface area contributed by atoms with Crippen LogP contribution in [0.3, 0.4) is 0 Å². The van der Waals surface area contributed by atoms with Crippen molar-refractivity contribution in [3.8, 4) is 0 Å². The standard InChI is InChI=1S/C16H19ClN2S/c1-2-18-10-12-3-4-14(17)9-15(12)19-7-5-16-13(11-19)6-8-20-16/h3-4,6,8-9,18H,2,5,7,10-11H2,1H3. The summed E-state index contributed by atoms with van der Waals surface area (Å²) in [5.41, 5.74) is 4.07. The van der Waals surface area contributed by atoms with Crippen molar-refractivity contribution in [2.45, 2.75) is 26.4 Å². The minimum Gasteiger partial charge on any atom is -0.366 e. The average Bonchev–Trinajstić information content (AvgIpc) is 2.93. The van der Waals surface area contributed by atoms with Gasteiger partial charge in [0.15, 0.2) is 0 Å². The molecule has 0 saturated heterocycles. The average molecular weight is 307 g/mol. The zero-order chi connectivity index (χ0) is 13.9. The van der Waals surface area contributed by atoms with E-state index in [1.807, 2.05) is 17.4 Å². The van der Waals surface area contributed by atoms with Gasteiger partial charge in [0, 0.05) is 35.2 Å². The van der Waals surface area contributed by atoms with Crippen LogP contribution < -0.4 is 10.2 Å². The van der Waals surface area contributed by atoms with Gasteiger partial charge in [0.05, 0.1) is 0 Å². The Kier molecular flexibility index (Phi) is 4.29. The topological polar surface area (TPSA) is 15.3 Å². The molecule has 0 bridgehead atoms. The number of hydrogen-bond acceptors (Lipinski definition) is 3. The van der Waals surface area contributed by atoms with Gasteiger partial charge in [-0.1, -0.05) is 24.6 Å². The molecule has 1 aromatic heterocycles. The van der Waals surface area contributed by atoms with E-state index in [1.165, 1.54) is 21.7 Å². The zero-order valence-corrected chi connectivity index (χ0v) is 13.2. The molecule has 20 heavy (non-hydrogen) atoms. The van der Waals surface area contributed by atoms with Gasteiger partial charge in [-0.15, -0.1) is 11.3 Å². The largest absolute Gasteiger partial charge is 0.366 e. The lowest BCUT2D eigenvalue weighted by atomic mass is 10.1. The van der Waals surface area contributed by atoms with Crippen LogP contribution in [0.5, 0.6) is 0 Å². The molecule has 0 spiro atoms. The van der Waals surface area contributed by atoms with Crippen molar-refractivity contribution in [2.24, 2.45) is 0 Å². The van der Waals surface area contributed by atoms with Gasteiger partial charge >= 0.3 is 0 Å². The van der Waals surface area contributed by atoms with Crippen molar-refractivity contribution >= 4 is 28.6 Å². The summed E-state index contributed by atoms with van der Waals surface area (Å²) in [7, 11) is 0. The summed E-state index contributed by atoms with van der Waals surface area (Å²) in [6.45, 7) is 6.09. The molecule has 3 rings (SSSR count). The van der Waals surface area contributed by atoms with Gasteiger partial charge in [-0.2, -0.15) is 0 Å². The van der Waals surface area contributed by atoms with Crippen molar-refractivity contribution < 1.29 is 0 Å². The molecule has 0 radical (unpaired) electrons. The van der Waals surface area contributed by atoms with Gasteiger partial charge in [-0.05, 0) is 47.7 Å². The number of anilines is 1. The zero-order valence-electron chi connectivity index (χ0n) is 11.7. The lowest BCUT2D eigenvalue weighted by Crippen LogP contribution is -2.30. The fraction of sp³-hybridized carbons (Fsp3) is 0.375. The van der Waals surface area contributed by atoms with Crippen LogP contribution in [0.4, 0.5) is 5.69 Å². The highest BCUT2D eigenvalue weighted by Crippen LogP contribution is 2.31. The fourth-order valence-electron chi connectivity index (χ4n) is 2.69. The van der Waals surface area contributed by atoms with Crippen molar-refractivity contribution in [1.82, 2.24) is 5.32 Å². The van der Waals surface area contributed by atoms with Crippen LogP contribution in [0.1, 0.15) is 22.9 Å². The number of nitrogens with zero attached hydrogens (tertiary/aromatic N) is 1. The minimum absolute atomic E-state index is 0.816. The Morgan fingerprint density at radius 3 is 3.10 bits per heavy atom. The van der Waals surface area contributed by atoms with E-state index < -0.39 is 0 Å². The van der Waals surface area contributed by atoms with Crippen LogP contribution in [-0.4, -0.2) is 13.1 Å². The Balaban J connectivity index is 1.87. The number of halogens is 1. The lowest BCUT2D eigenvalue weighted by molar-refractivity contribution is 0.705. The van der Waals surface area contributed by atoms with E-state index in [4.69, 9.17) is 11.6 Å². The molecule has 0 saturated carbocycles. The summed E-state index contributed by atoms with van der Waals surface area (Å²) in [4.78, 5) is 3.99. The van der Waals surface area contributed by atoms with Crippen molar-refractivity contribution in [3.05, 3.63) is 50.7 Å². The number of thiophene rings is 1. The highest BCUT2D eigenvalue weighted by atomic mass is 35.5. The van der Waals surface area contributed by atoms with Crippen molar-refractivity contribution in [2.75, 3.05) is 18.0 Å². The lowest BCUT2D eigenvalue weighted by Gasteiger charge is -2.31. The molecule has 1 aromatic carbocycles. The quantitative estimate of drug-likeness (QED) is 0.916. The Morgan fingerprint density at radius 2 is 2.25 bits per heavy atom. The molecule has 0 fully saturated rings.